The second-order valence-corrected chi connectivity index (χ2v) is 5.39. The van der Waals surface area contributed by atoms with Crippen molar-refractivity contribution in [1.29, 1.82) is 0 Å². The van der Waals surface area contributed by atoms with Crippen molar-refractivity contribution in [2.75, 3.05) is 0 Å². The Labute approximate surface area is 83.1 Å². The quantitative estimate of drug-likeness (QED) is 0.555. The molecule has 13 heavy (non-hydrogen) atoms. The average Bonchev–Trinajstić information content (AvgIpc) is 2.84. The van der Waals surface area contributed by atoms with Crippen molar-refractivity contribution >= 4 is 0 Å². The number of unbranched alkanes of at least 4 members (excludes halogenated alkanes) is 3. The Morgan fingerprint density at radius 2 is 1.85 bits per heavy atom. The lowest BCUT2D eigenvalue weighted by molar-refractivity contribution is 0.391. The van der Waals surface area contributed by atoms with Crippen LogP contribution in [0.3, 0.4) is 0 Å². The largest absolute Gasteiger partial charge is 0.0654 e. The fourth-order valence-corrected chi connectivity index (χ4v) is 3.42. The Bertz CT molecular complexity index is 161. The minimum absolute atomic E-state index is 1.07. The summed E-state index contributed by atoms with van der Waals surface area (Å²) >= 11 is 0. The summed E-state index contributed by atoms with van der Waals surface area (Å²) in [5.74, 6) is 4.55. The van der Waals surface area contributed by atoms with Crippen LogP contribution in [-0.4, -0.2) is 0 Å². The van der Waals surface area contributed by atoms with Gasteiger partial charge in [-0.15, -0.1) is 0 Å². The van der Waals surface area contributed by atoms with E-state index in [9.17, 15) is 0 Å². The molecule has 2 rings (SSSR count). The third-order valence-electron chi connectivity index (χ3n) is 4.33. The van der Waals surface area contributed by atoms with Crippen LogP contribution >= 0.6 is 0 Å². The third-order valence-corrected chi connectivity index (χ3v) is 4.33. The van der Waals surface area contributed by atoms with Gasteiger partial charge in [0, 0.05) is 0 Å². The van der Waals surface area contributed by atoms with Crippen LogP contribution < -0.4 is 0 Å². The van der Waals surface area contributed by atoms with E-state index in [1.54, 1.807) is 19.3 Å². The fraction of sp³-hybridized carbons (Fsp3) is 1.00. The second-order valence-electron chi connectivity index (χ2n) is 5.39. The molecular formula is C13H24. The molecule has 0 aromatic heterocycles. The molecule has 2 saturated carbocycles. The number of rotatable bonds is 5. The zero-order chi connectivity index (χ0) is 9.26. The minimum Gasteiger partial charge on any atom is -0.0654 e. The third kappa shape index (κ3) is 2.08. The summed E-state index contributed by atoms with van der Waals surface area (Å²) < 4.78 is 0. The second kappa shape index (κ2) is 4.02. The van der Waals surface area contributed by atoms with E-state index in [1.165, 1.54) is 31.6 Å². The molecule has 4 unspecified atom stereocenters. The lowest BCUT2D eigenvalue weighted by atomic mass is 9.93. The highest BCUT2D eigenvalue weighted by atomic mass is 14.6. The lowest BCUT2D eigenvalue weighted by Gasteiger charge is -2.12. The predicted octanol–water partition coefficient (Wildman–Crippen LogP) is 4.25. The molecule has 0 spiro atoms. The molecule has 0 radical (unpaired) electrons. The van der Waals surface area contributed by atoms with Crippen LogP contribution in [0, 0.1) is 23.7 Å². The maximum absolute atomic E-state index is 2.47. The summed E-state index contributed by atoms with van der Waals surface area (Å²) in [6.07, 6.45) is 10.5. The van der Waals surface area contributed by atoms with Crippen LogP contribution in [0.25, 0.3) is 0 Å². The van der Waals surface area contributed by atoms with Crippen molar-refractivity contribution < 1.29 is 0 Å². The molecule has 0 aromatic carbocycles. The Balaban J connectivity index is 1.61. The van der Waals surface area contributed by atoms with Crippen LogP contribution in [-0.2, 0) is 0 Å². The summed E-state index contributed by atoms with van der Waals surface area (Å²) in [6, 6.07) is 0. The molecule has 2 fully saturated rings. The summed E-state index contributed by atoms with van der Waals surface area (Å²) in [7, 11) is 0. The van der Waals surface area contributed by atoms with Crippen molar-refractivity contribution in [1.82, 2.24) is 0 Å². The summed E-state index contributed by atoms with van der Waals surface area (Å²) in [5, 5.41) is 0. The van der Waals surface area contributed by atoms with E-state index in [-0.39, 0.29) is 0 Å². The van der Waals surface area contributed by atoms with E-state index in [0.717, 1.165) is 17.8 Å². The molecule has 0 saturated heterocycles. The Morgan fingerprint density at radius 3 is 2.38 bits per heavy atom. The summed E-state index contributed by atoms with van der Waals surface area (Å²) in [5.41, 5.74) is 0. The molecule has 0 bridgehead atoms. The van der Waals surface area contributed by atoms with Crippen molar-refractivity contribution in [2.45, 2.75) is 58.8 Å². The maximum Gasteiger partial charge on any atom is -0.0352 e. The van der Waals surface area contributed by atoms with Gasteiger partial charge in [-0.25, -0.2) is 0 Å². The number of fused-ring (bicyclic) bond motifs is 1. The van der Waals surface area contributed by atoms with Gasteiger partial charge < -0.3 is 0 Å². The van der Waals surface area contributed by atoms with Gasteiger partial charge in [-0.2, -0.15) is 0 Å². The van der Waals surface area contributed by atoms with E-state index in [1.807, 2.05) is 0 Å². The molecule has 0 nitrogen and oxygen atoms in total. The van der Waals surface area contributed by atoms with Crippen molar-refractivity contribution in [3.8, 4) is 0 Å². The van der Waals surface area contributed by atoms with Crippen LogP contribution in [0.5, 0.6) is 0 Å². The van der Waals surface area contributed by atoms with Crippen molar-refractivity contribution in [3.63, 3.8) is 0 Å². The molecule has 2 aliphatic rings. The van der Waals surface area contributed by atoms with Gasteiger partial charge in [0.05, 0.1) is 0 Å². The van der Waals surface area contributed by atoms with Gasteiger partial charge in [0.25, 0.3) is 0 Å². The zero-order valence-electron chi connectivity index (χ0n) is 9.26. The molecule has 2 aliphatic carbocycles. The monoisotopic (exact) mass is 180 g/mol. The average molecular weight is 180 g/mol. The van der Waals surface area contributed by atoms with Gasteiger partial charge >= 0.3 is 0 Å². The highest BCUT2D eigenvalue weighted by Gasteiger charge is 2.51. The normalized spacial score (nSPS) is 42.0. The number of hydrogen-bond donors (Lipinski definition) is 0. The Morgan fingerprint density at radius 1 is 1.00 bits per heavy atom. The molecule has 76 valence electrons. The molecule has 0 N–H and O–H groups in total. The molecule has 0 aromatic rings. The fourth-order valence-electron chi connectivity index (χ4n) is 3.42. The number of hydrogen-bond acceptors (Lipinski definition) is 0. The molecule has 0 heterocycles. The van der Waals surface area contributed by atoms with Crippen LogP contribution in [0.2, 0.25) is 0 Å². The van der Waals surface area contributed by atoms with Crippen molar-refractivity contribution in [2.24, 2.45) is 23.7 Å². The highest BCUT2D eigenvalue weighted by Crippen LogP contribution is 2.59. The first-order chi connectivity index (χ1) is 6.33. The van der Waals surface area contributed by atoms with Gasteiger partial charge in [-0.1, -0.05) is 46.0 Å². The van der Waals surface area contributed by atoms with Crippen LogP contribution in [0.15, 0.2) is 0 Å². The Kier molecular flexibility index (Phi) is 2.96. The standard InChI is InChI=1S/C13H24/c1-3-4-5-6-7-11-8-10(2)12-9-13(11)12/h10-13H,3-9H2,1-2H3. The van der Waals surface area contributed by atoms with E-state index in [0.29, 0.717) is 0 Å². The van der Waals surface area contributed by atoms with E-state index in [4.69, 9.17) is 0 Å². The molecule has 4 atom stereocenters. The first-order valence-corrected chi connectivity index (χ1v) is 6.33. The van der Waals surface area contributed by atoms with E-state index >= 15 is 0 Å². The predicted molar refractivity (Wildman–Crippen MR) is 57.6 cm³/mol. The Hall–Kier alpha value is 0. The van der Waals surface area contributed by atoms with Gasteiger partial charge in [-0.05, 0) is 36.5 Å². The summed E-state index contributed by atoms with van der Waals surface area (Å²) in [4.78, 5) is 0. The van der Waals surface area contributed by atoms with E-state index in [2.05, 4.69) is 13.8 Å². The first kappa shape index (κ1) is 9.55. The SMILES string of the molecule is CCCCCCC1CC(C)C2CC12. The minimum atomic E-state index is 1.07. The van der Waals surface area contributed by atoms with Gasteiger partial charge in [0.1, 0.15) is 0 Å². The molecule has 0 aliphatic heterocycles. The topological polar surface area (TPSA) is 0 Å². The first-order valence-electron chi connectivity index (χ1n) is 6.33. The highest BCUT2D eigenvalue weighted by molar-refractivity contribution is 5.00. The van der Waals surface area contributed by atoms with Gasteiger partial charge in [0.15, 0.2) is 0 Å². The van der Waals surface area contributed by atoms with Crippen LogP contribution in [0.4, 0.5) is 0 Å². The van der Waals surface area contributed by atoms with Crippen molar-refractivity contribution in [3.05, 3.63) is 0 Å². The molecule has 0 amide bonds. The maximum atomic E-state index is 2.47. The van der Waals surface area contributed by atoms with Gasteiger partial charge in [0.2, 0.25) is 0 Å². The zero-order valence-corrected chi connectivity index (χ0v) is 9.26. The lowest BCUT2D eigenvalue weighted by Crippen LogP contribution is -2.01. The molecular weight excluding hydrogens is 156 g/mol. The molecule has 0 heteroatoms. The van der Waals surface area contributed by atoms with E-state index < -0.39 is 0 Å². The van der Waals surface area contributed by atoms with Gasteiger partial charge in [-0.3, -0.25) is 0 Å². The smallest absolute Gasteiger partial charge is 0.0352 e. The van der Waals surface area contributed by atoms with Crippen LogP contribution in [0.1, 0.15) is 58.8 Å². The summed E-state index contributed by atoms with van der Waals surface area (Å²) in [6.45, 7) is 4.77.